The third-order valence-electron chi connectivity index (χ3n) is 3.26. The molecule has 0 radical (unpaired) electrons. The van der Waals surface area contributed by atoms with Crippen molar-refractivity contribution in [3.05, 3.63) is 24.4 Å². The number of nitrogens with zero attached hydrogens (tertiary/aromatic N) is 4. The van der Waals surface area contributed by atoms with Crippen molar-refractivity contribution in [3.63, 3.8) is 0 Å². The van der Waals surface area contributed by atoms with Gasteiger partial charge >= 0.3 is 0 Å². The van der Waals surface area contributed by atoms with Crippen LogP contribution in [-0.4, -0.2) is 35.1 Å². The highest BCUT2D eigenvalue weighted by molar-refractivity contribution is 5.60. The summed E-state index contributed by atoms with van der Waals surface area (Å²) in [5.41, 5.74) is 0.831. The number of ether oxygens (including phenoxy) is 2. The molecule has 0 saturated carbocycles. The monoisotopic (exact) mass is 287 g/mol. The topological polar surface area (TPSA) is 72.4 Å². The minimum atomic E-state index is 0.258. The molecular weight excluding hydrogens is 270 g/mol. The number of nitrogens with one attached hydrogen (secondary N) is 1. The van der Waals surface area contributed by atoms with Crippen LogP contribution in [0.15, 0.2) is 24.4 Å². The molecular formula is C14H17N5O2. The number of hydrogen-bond acceptors (Lipinski definition) is 7. The first-order chi connectivity index (χ1) is 10.3. The lowest BCUT2D eigenvalue weighted by Gasteiger charge is -2.19. The molecule has 1 aromatic carbocycles. The first kappa shape index (κ1) is 13.4. The van der Waals surface area contributed by atoms with Gasteiger partial charge < -0.3 is 19.7 Å². The Morgan fingerprint density at radius 1 is 1.19 bits per heavy atom. The summed E-state index contributed by atoms with van der Waals surface area (Å²) in [6.07, 6.45) is 1.66. The summed E-state index contributed by atoms with van der Waals surface area (Å²) in [5, 5.41) is 11.1. The van der Waals surface area contributed by atoms with E-state index in [9.17, 15) is 0 Å². The maximum absolute atomic E-state index is 5.35. The van der Waals surface area contributed by atoms with Gasteiger partial charge in [-0.1, -0.05) is 0 Å². The number of anilines is 3. The average Bonchev–Trinajstić information content (AvgIpc) is 2.96. The largest absolute Gasteiger partial charge is 0.454 e. The molecule has 1 aromatic heterocycles. The normalized spacial score (nSPS) is 12.3. The molecule has 7 nitrogen and oxygen atoms in total. The summed E-state index contributed by atoms with van der Waals surface area (Å²) in [6.45, 7) is 6.17. The van der Waals surface area contributed by atoms with E-state index in [-0.39, 0.29) is 6.79 Å². The van der Waals surface area contributed by atoms with E-state index in [2.05, 4.69) is 39.2 Å². The molecule has 1 N–H and O–H groups in total. The van der Waals surface area contributed by atoms with Gasteiger partial charge in [-0.05, 0) is 26.0 Å². The molecule has 0 bridgehead atoms. The molecule has 0 aliphatic carbocycles. The molecule has 0 unspecified atom stereocenters. The van der Waals surface area contributed by atoms with Crippen LogP contribution in [0.4, 0.5) is 17.5 Å². The summed E-state index contributed by atoms with van der Waals surface area (Å²) < 4.78 is 10.6. The van der Waals surface area contributed by atoms with E-state index in [4.69, 9.17) is 9.47 Å². The zero-order valence-corrected chi connectivity index (χ0v) is 12.0. The van der Waals surface area contributed by atoms with Gasteiger partial charge in [-0.3, -0.25) is 0 Å². The number of fused-ring (bicyclic) bond motifs is 1. The van der Waals surface area contributed by atoms with Gasteiger partial charge in [0.1, 0.15) is 0 Å². The molecule has 21 heavy (non-hydrogen) atoms. The van der Waals surface area contributed by atoms with Crippen molar-refractivity contribution < 1.29 is 9.47 Å². The fraction of sp³-hybridized carbons (Fsp3) is 0.357. The maximum Gasteiger partial charge on any atom is 0.249 e. The quantitative estimate of drug-likeness (QED) is 0.903. The van der Waals surface area contributed by atoms with Crippen molar-refractivity contribution >= 4 is 17.5 Å². The molecule has 1 aliphatic heterocycles. The number of aromatic nitrogens is 3. The fourth-order valence-electron chi connectivity index (χ4n) is 2.15. The van der Waals surface area contributed by atoms with Crippen LogP contribution in [0.25, 0.3) is 0 Å². The van der Waals surface area contributed by atoms with Gasteiger partial charge in [-0.2, -0.15) is 10.1 Å². The molecule has 0 atom stereocenters. The summed E-state index contributed by atoms with van der Waals surface area (Å²) >= 11 is 0. The van der Waals surface area contributed by atoms with Crippen molar-refractivity contribution in [1.82, 2.24) is 15.2 Å². The standard InChI is InChI=1S/C14H17N5O2/c1-3-19(4-2)13-8-15-18-14(17-13)16-10-5-6-11-12(7-10)21-9-20-11/h5-8H,3-4,9H2,1-2H3,(H,16,17,18). The molecule has 0 fully saturated rings. The van der Waals surface area contributed by atoms with E-state index in [0.29, 0.717) is 11.7 Å². The second kappa shape index (κ2) is 5.82. The van der Waals surface area contributed by atoms with E-state index in [0.717, 1.165) is 30.3 Å². The van der Waals surface area contributed by atoms with Crippen molar-refractivity contribution in [1.29, 1.82) is 0 Å². The maximum atomic E-state index is 5.35. The van der Waals surface area contributed by atoms with Gasteiger partial charge in [-0.25, -0.2) is 0 Å². The van der Waals surface area contributed by atoms with Crippen LogP contribution in [0, 0.1) is 0 Å². The van der Waals surface area contributed by atoms with Crippen LogP contribution in [0.3, 0.4) is 0 Å². The van der Waals surface area contributed by atoms with Gasteiger partial charge in [0.05, 0.1) is 6.20 Å². The van der Waals surface area contributed by atoms with Gasteiger partial charge in [0.15, 0.2) is 17.3 Å². The average molecular weight is 287 g/mol. The summed E-state index contributed by atoms with van der Waals surface area (Å²) in [4.78, 5) is 6.58. The summed E-state index contributed by atoms with van der Waals surface area (Å²) in [6, 6.07) is 5.60. The summed E-state index contributed by atoms with van der Waals surface area (Å²) in [5.74, 6) is 2.72. The molecule has 2 aromatic rings. The number of benzene rings is 1. The Balaban J connectivity index is 1.80. The van der Waals surface area contributed by atoms with Crippen LogP contribution >= 0.6 is 0 Å². The van der Waals surface area contributed by atoms with Crippen LogP contribution in [0.1, 0.15) is 13.8 Å². The Kier molecular flexibility index (Phi) is 3.72. The van der Waals surface area contributed by atoms with Crippen molar-refractivity contribution in [2.75, 3.05) is 30.1 Å². The first-order valence-corrected chi connectivity index (χ1v) is 6.91. The van der Waals surface area contributed by atoms with Gasteiger partial charge in [0.2, 0.25) is 12.7 Å². The Labute approximate surface area is 122 Å². The highest BCUT2D eigenvalue weighted by Gasteiger charge is 2.14. The molecule has 2 heterocycles. The SMILES string of the molecule is CCN(CC)c1cnnc(Nc2ccc3c(c2)OCO3)n1. The fourth-order valence-corrected chi connectivity index (χ4v) is 2.15. The highest BCUT2D eigenvalue weighted by Crippen LogP contribution is 2.34. The Morgan fingerprint density at radius 3 is 2.81 bits per heavy atom. The van der Waals surface area contributed by atoms with E-state index in [1.54, 1.807) is 6.20 Å². The lowest BCUT2D eigenvalue weighted by molar-refractivity contribution is 0.174. The minimum Gasteiger partial charge on any atom is -0.454 e. The highest BCUT2D eigenvalue weighted by atomic mass is 16.7. The molecule has 7 heteroatoms. The van der Waals surface area contributed by atoms with Crippen molar-refractivity contribution in [2.45, 2.75) is 13.8 Å². The third kappa shape index (κ3) is 2.81. The van der Waals surface area contributed by atoms with E-state index in [1.165, 1.54) is 0 Å². The predicted molar refractivity (Wildman–Crippen MR) is 79.2 cm³/mol. The van der Waals surface area contributed by atoms with Crippen LogP contribution < -0.4 is 19.7 Å². The molecule has 0 amide bonds. The smallest absolute Gasteiger partial charge is 0.249 e. The van der Waals surface area contributed by atoms with Crippen LogP contribution in [0.5, 0.6) is 11.5 Å². The van der Waals surface area contributed by atoms with Gasteiger partial charge in [0, 0.05) is 24.8 Å². The Hall–Kier alpha value is -2.57. The second-order valence-corrected chi connectivity index (χ2v) is 4.50. The van der Waals surface area contributed by atoms with Crippen LogP contribution in [-0.2, 0) is 0 Å². The number of hydrogen-bond donors (Lipinski definition) is 1. The predicted octanol–water partition coefficient (Wildman–Crippen LogP) is 2.19. The molecule has 0 spiro atoms. The van der Waals surface area contributed by atoms with Crippen molar-refractivity contribution in [3.8, 4) is 11.5 Å². The zero-order valence-electron chi connectivity index (χ0n) is 12.0. The molecule has 110 valence electrons. The van der Waals surface area contributed by atoms with Gasteiger partial charge in [-0.15, -0.1) is 5.10 Å². The lowest BCUT2D eigenvalue weighted by atomic mass is 10.3. The lowest BCUT2D eigenvalue weighted by Crippen LogP contribution is -2.23. The molecule has 3 rings (SSSR count). The van der Waals surface area contributed by atoms with Crippen LogP contribution in [0.2, 0.25) is 0 Å². The van der Waals surface area contributed by atoms with E-state index in [1.807, 2.05) is 18.2 Å². The molecule has 0 saturated heterocycles. The van der Waals surface area contributed by atoms with Crippen molar-refractivity contribution in [2.24, 2.45) is 0 Å². The number of rotatable bonds is 5. The zero-order chi connectivity index (χ0) is 14.7. The van der Waals surface area contributed by atoms with E-state index >= 15 is 0 Å². The Morgan fingerprint density at radius 2 is 2.00 bits per heavy atom. The van der Waals surface area contributed by atoms with Gasteiger partial charge in [0.25, 0.3) is 0 Å². The molecule has 1 aliphatic rings. The second-order valence-electron chi connectivity index (χ2n) is 4.50. The summed E-state index contributed by atoms with van der Waals surface area (Å²) in [7, 11) is 0. The third-order valence-corrected chi connectivity index (χ3v) is 3.26. The van der Waals surface area contributed by atoms with E-state index < -0.39 is 0 Å². The Bertz CT molecular complexity index is 631. The minimum absolute atomic E-state index is 0.258. The first-order valence-electron chi connectivity index (χ1n) is 6.91.